The third-order valence-corrected chi connectivity index (χ3v) is 4.41. The number of aliphatic hydroxyl groups excluding tert-OH is 1. The van der Waals surface area contributed by atoms with E-state index in [2.05, 4.69) is 0 Å². The molecule has 1 N–H and O–H groups in total. The molecule has 0 spiro atoms. The van der Waals surface area contributed by atoms with Gasteiger partial charge >= 0.3 is 0 Å². The van der Waals surface area contributed by atoms with Crippen LogP contribution >= 0.6 is 11.8 Å². The summed E-state index contributed by atoms with van der Waals surface area (Å²) in [4.78, 5) is 0.943. The summed E-state index contributed by atoms with van der Waals surface area (Å²) in [6.07, 6.45) is 0.319. The van der Waals surface area contributed by atoms with Gasteiger partial charge in [-0.1, -0.05) is 18.2 Å². The maximum absolute atomic E-state index is 12.8. The first-order chi connectivity index (χ1) is 9.74. The van der Waals surface area contributed by atoms with E-state index in [9.17, 15) is 9.50 Å². The summed E-state index contributed by atoms with van der Waals surface area (Å²) in [7, 11) is 0. The first-order valence-corrected chi connectivity index (χ1v) is 7.53. The van der Waals surface area contributed by atoms with Crippen LogP contribution in [0.4, 0.5) is 4.39 Å². The summed E-state index contributed by atoms with van der Waals surface area (Å²) >= 11 is 1.51. The summed E-state index contributed by atoms with van der Waals surface area (Å²) in [5.74, 6) is 1.11. The Balaban J connectivity index is 1.69. The minimum Gasteiger partial charge on any atom is -0.493 e. The fourth-order valence-electron chi connectivity index (χ4n) is 2.30. The quantitative estimate of drug-likeness (QED) is 0.873. The predicted molar refractivity (Wildman–Crippen MR) is 77.7 cm³/mol. The van der Waals surface area contributed by atoms with Crippen molar-refractivity contribution in [3.8, 4) is 5.75 Å². The van der Waals surface area contributed by atoms with Crippen molar-refractivity contribution in [2.45, 2.75) is 17.4 Å². The highest BCUT2D eigenvalue weighted by Gasteiger charge is 2.20. The number of hydrogen-bond acceptors (Lipinski definition) is 3. The van der Waals surface area contributed by atoms with Crippen LogP contribution < -0.4 is 4.74 Å². The highest BCUT2D eigenvalue weighted by molar-refractivity contribution is 7.99. The van der Waals surface area contributed by atoms with Gasteiger partial charge in [0.05, 0.1) is 12.7 Å². The predicted octanol–water partition coefficient (Wildman–Crippen LogP) is 3.59. The maximum Gasteiger partial charge on any atom is 0.128 e. The maximum atomic E-state index is 12.8. The van der Waals surface area contributed by atoms with E-state index >= 15 is 0 Å². The van der Waals surface area contributed by atoms with Crippen LogP contribution in [0, 0.1) is 5.82 Å². The topological polar surface area (TPSA) is 29.5 Å². The molecule has 0 fully saturated rings. The molecule has 2 nitrogen and oxygen atoms in total. The van der Waals surface area contributed by atoms with Crippen molar-refractivity contribution in [2.75, 3.05) is 12.4 Å². The van der Waals surface area contributed by atoms with Crippen molar-refractivity contribution >= 4 is 11.8 Å². The lowest BCUT2D eigenvalue weighted by Crippen LogP contribution is -2.03. The van der Waals surface area contributed by atoms with E-state index in [4.69, 9.17) is 4.74 Å². The Morgan fingerprint density at radius 3 is 2.80 bits per heavy atom. The molecule has 0 aliphatic carbocycles. The van der Waals surface area contributed by atoms with Crippen molar-refractivity contribution in [1.29, 1.82) is 0 Å². The molecule has 0 amide bonds. The van der Waals surface area contributed by atoms with Crippen LogP contribution in [-0.4, -0.2) is 17.5 Å². The SMILES string of the molecule is OC(CSc1ccc(F)cc1)c1cccc2c1OCC2. The number of aliphatic hydroxyl groups is 1. The Kier molecular flexibility index (Phi) is 3.94. The molecule has 0 bridgehead atoms. The van der Waals surface area contributed by atoms with Crippen molar-refractivity contribution < 1.29 is 14.2 Å². The Morgan fingerprint density at radius 1 is 1.20 bits per heavy atom. The van der Waals surface area contributed by atoms with Gasteiger partial charge in [-0.3, -0.25) is 0 Å². The zero-order valence-corrected chi connectivity index (χ0v) is 11.7. The molecule has 2 aromatic rings. The average Bonchev–Trinajstić information content (AvgIpc) is 2.94. The number of fused-ring (bicyclic) bond motifs is 1. The van der Waals surface area contributed by atoms with E-state index in [1.165, 1.54) is 23.9 Å². The summed E-state index contributed by atoms with van der Waals surface area (Å²) < 4.78 is 18.4. The van der Waals surface area contributed by atoms with E-state index in [1.54, 1.807) is 12.1 Å². The minimum absolute atomic E-state index is 0.246. The van der Waals surface area contributed by atoms with Crippen LogP contribution in [0.2, 0.25) is 0 Å². The summed E-state index contributed by atoms with van der Waals surface area (Å²) in [5.41, 5.74) is 2.00. The van der Waals surface area contributed by atoms with Crippen molar-refractivity contribution in [1.82, 2.24) is 0 Å². The van der Waals surface area contributed by atoms with Gasteiger partial charge in [0, 0.05) is 22.6 Å². The second-order valence-electron chi connectivity index (χ2n) is 4.71. The zero-order valence-electron chi connectivity index (χ0n) is 10.9. The highest BCUT2D eigenvalue weighted by atomic mass is 32.2. The molecule has 0 saturated carbocycles. The van der Waals surface area contributed by atoms with Crippen molar-refractivity contribution in [2.24, 2.45) is 0 Å². The monoisotopic (exact) mass is 290 g/mol. The van der Waals surface area contributed by atoms with E-state index in [0.717, 1.165) is 28.2 Å². The van der Waals surface area contributed by atoms with Crippen LogP contribution in [0.25, 0.3) is 0 Å². The lowest BCUT2D eigenvalue weighted by atomic mass is 10.0. The van der Waals surface area contributed by atoms with Crippen LogP contribution in [0.3, 0.4) is 0 Å². The Morgan fingerprint density at radius 2 is 2.00 bits per heavy atom. The van der Waals surface area contributed by atoms with E-state index in [0.29, 0.717) is 12.4 Å². The van der Waals surface area contributed by atoms with Gasteiger partial charge < -0.3 is 9.84 Å². The Bertz CT molecular complexity index is 598. The molecule has 2 aromatic carbocycles. The molecule has 1 aliphatic rings. The number of halogens is 1. The minimum atomic E-state index is -0.585. The van der Waals surface area contributed by atoms with Gasteiger partial charge in [0.15, 0.2) is 0 Å². The summed E-state index contributed by atoms with van der Waals surface area (Å²) in [6.45, 7) is 0.685. The lowest BCUT2D eigenvalue weighted by Gasteiger charge is -2.14. The normalized spacial score (nSPS) is 14.7. The van der Waals surface area contributed by atoms with Crippen LogP contribution in [0.5, 0.6) is 5.75 Å². The summed E-state index contributed by atoms with van der Waals surface area (Å²) in [6, 6.07) is 12.2. The fraction of sp³-hybridized carbons (Fsp3) is 0.250. The van der Waals surface area contributed by atoms with E-state index in [1.807, 2.05) is 18.2 Å². The molecule has 0 radical (unpaired) electrons. The highest BCUT2D eigenvalue weighted by Crippen LogP contribution is 2.35. The Labute approximate surface area is 121 Å². The number of thioether (sulfide) groups is 1. The second-order valence-corrected chi connectivity index (χ2v) is 5.81. The number of hydrogen-bond donors (Lipinski definition) is 1. The molecule has 1 unspecified atom stereocenters. The van der Waals surface area contributed by atoms with Crippen LogP contribution in [-0.2, 0) is 6.42 Å². The number of para-hydroxylation sites is 1. The zero-order chi connectivity index (χ0) is 13.9. The van der Waals surface area contributed by atoms with Gasteiger partial charge in [-0.2, -0.15) is 0 Å². The largest absolute Gasteiger partial charge is 0.493 e. The first kappa shape index (κ1) is 13.5. The molecule has 0 aromatic heterocycles. The molecule has 3 rings (SSSR count). The number of benzene rings is 2. The van der Waals surface area contributed by atoms with Crippen LogP contribution in [0.15, 0.2) is 47.4 Å². The molecule has 0 saturated heterocycles. The van der Waals surface area contributed by atoms with Gasteiger partial charge in [-0.15, -0.1) is 11.8 Å². The van der Waals surface area contributed by atoms with Gasteiger partial charge in [-0.05, 0) is 29.8 Å². The van der Waals surface area contributed by atoms with Gasteiger partial charge in [-0.25, -0.2) is 4.39 Å². The molecular weight excluding hydrogens is 275 g/mol. The average molecular weight is 290 g/mol. The molecule has 20 heavy (non-hydrogen) atoms. The molecule has 1 aliphatic heterocycles. The smallest absolute Gasteiger partial charge is 0.128 e. The third kappa shape index (κ3) is 2.81. The van der Waals surface area contributed by atoms with Gasteiger partial charge in [0.2, 0.25) is 0 Å². The van der Waals surface area contributed by atoms with Gasteiger partial charge in [0.25, 0.3) is 0 Å². The van der Waals surface area contributed by atoms with Crippen molar-refractivity contribution in [3.63, 3.8) is 0 Å². The molecular formula is C16H15FO2S. The van der Waals surface area contributed by atoms with E-state index < -0.39 is 6.10 Å². The first-order valence-electron chi connectivity index (χ1n) is 6.55. The van der Waals surface area contributed by atoms with E-state index in [-0.39, 0.29) is 5.82 Å². The second kappa shape index (κ2) is 5.85. The third-order valence-electron chi connectivity index (χ3n) is 3.33. The molecule has 1 heterocycles. The molecule has 104 valence electrons. The molecule has 1 atom stereocenters. The van der Waals surface area contributed by atoms with Gasteiger partial charge in [0.1, 0.15) is 11.6 Å². The number of rotatable bonds is 4. The standard InChI is InChI=1S/C16H15FO2S/c17-12-4-6-13(7-5-12)20-10-15(18)14-3-1-2-11-8-9-19-16(11)14/h1-7,15,18H,8-10H2. The Hall–Kier alpha value is -1.52. The summed E-state index contributed by atoms with van der Waals surface area (Å²) in [5, 5.41) is 10.3. The molecule has 4 heteroatoms. The fourth-order valence-corrected chi connectivity index (χ4v) is 3.16. The van der Waals surface area contributed by atoms with Crippen molar-refractivity contribution in [3.05, 3.63) is 59.4 Å². The lowest BCUT2D eigenvalue weighted by molar-refractivity contribution is 0.198. The van der Waals surface area contributed by atoms with Crippen LogP contribution in [0.1, 0.15) is 17.2 Å². The number of ether oxygens (including phenoxy) is 1.